The van der Waals surface area contributed by atoms with Gasteiger partial charge in [-0.25, -0.2) is 4.79 Å². The van der Waals surface area contributed by atoms with Crippen molar-refractivity contribution in [1.29, 1.82) is 0 Å². The molecule has 1 N–H and O–H groups in total. The summed E-state index contributed by atoms with van der Waals surface area (Å²) in [6, 6.07) is 12.7. The molecule has 20 heavy (non-hydrogen) atoms. The minimum absolute atomic E-state index is 0.121. The summed E-state index contributed by atoms with van der Waals surface area (Å²) in [7, 11) is -1.36. The Labute approximate surface area is 120 Å². The molecule has 0 spiro atoms. The Kier molecular flexibility index (Phi) is 4.35. The lowest BCUT2D eigenvalue weighted by atomic mass is 10.1. The summed E-state index contributed by atoms with van der Waals surface area (Å²) in [6.45, 7) is 3.79. The SMILES string of the molecule is Cc1cccc(CS(=O)c2ccc(C)cc2C(=O)O)c1. The minimum atomic E-state index is -1.36. The van der Waals surface area contributed by atoms with Crippen LogP contribution in [0.3, 0.4) is 0 Å². The van der Waals surface area contributed by atoms with Gasteiger partial charge in [-0.2, -0.15) is 0 Å². The van der Waals surface area contributed by atoms with Crippen molar-refractivity contribution in [3.63, 3.8) is 0 Å². The quantitative estimate of drug-likeness (QED) is 0.939. The summed E-state index contributed by atoms with van der Waals surface area (Å²) in [5, 5.41) is 9.21. The van der Waals surface area contributed by atoms with Crippen LogP contribution in [-0.4, -0.2) is 15.3 Å². The summed E-state index contributed by atoms with van der Waals surface area (Å²) < 4.78 is 12.4. The van der Waals surface area contributed by atoms with Crippen LogP contribution >= 0.6 is 0 Å². The largest absolute Gasteiger partial charge is 0.478 e. The standard InChI is InChI=1S/C16H16O3S/c1-11-4-3-5-13(8-11)10-20(19)15-7-6-12(2)9-14(15)16(17)18/h3-9H,10H2,1-2H3,(H,17,18). The smallest absolute Gasteiger partial charge is 0.336 e. The molecular weight excluding hydrogens is 272 g/mol. The predicted octanol–water partition coefficient (Wildman–Crippen LogP) is 3.31. The first-order valence-electron chi connectivity index (χ1n) is 6.25. The van der Waals surface area contributed by atoms with Crippen molar-refractivity contribution < 1.29 is 14.1 Å². The summed E-state index contributed by atoms with van der Waals surface area (Å²) in [4.78, 5) is 11.6. The van der Waals surface area contributed by atoms with E-state index in [2.05, 4.69) is 0 Å². The molecular formula is C16H16O3S. The van der Waals surface area contributed by atoms with Gasteiger partial charge in [0.25, 0.3) is 0 Å². The molecule has 2 aromatic rings. The van der Waals surface area contributed by atoms with E-state index in [1.54, 1.807) is 18.2 Å². The fourth-order valence-corrected chi connectivity index (χ4v) is 3.29. The first-order chi connectivity index (χ1) is 9.47. The monoisotopic (exact) mass is 288 g/mol. The molecule has 0 fully saturated rings. The second-order valence-electron chi connectivity index (χ2n) is 4.78. The maximum Gasteiger partial charge on any atom is 0.336 e. The highest BCUT2D eigenvalue weighted by atomic mass is 32.2. The number of carboxylic acid groups (broad SMARTS) is 1. The lowest BCUT2D eigenvalue weighted by molar-refractivity contribution is 0.0693. The van der Waals surface area contributed by atoms with E-state index in [-0.39, 0.29) is 5.56 Å². The number of aromatic carboxylic acids is 1. The van der Waals surface area contributed by atoms with E-state index in [9.17, 15) is 14.1 Å². The van der Waals surface area contributed by atoms with Gasteiger partial charge in [0.15, 0.2) is 0 Å². The van der Waals surface area contributed by atoms with Crippen LogP contribution in [0.1, 0.15) is 27.0 Å². The molecule has 3 nitrogen and oxygen atoms in total. The summed E-state index contributed by atoms with van der Waals surface area (Å²) in [5.74, 6) is -0.716. The van der Waals surface area contributed by atoms with Gasteiger partial charge < -0.3 is 5.11 Å². The van der Waals surface area contributed by atoms with E-state index in [1.165, 1.54) is 0 Å². The van der Waals surface area contributed by atoms with Crippen LogP contribution in [0.25, 0.3) is 0 Å². The summed E-state index contributed by atoms with van der Waals surface area (Å²) >= 11 is 0. The normalized spacial score (nSPS) is 12.1. The molecule has 2 rings (SSSR count). The zero-order chi connectivity index (χ0) is 14.7. The zero-order valence-corrected chi connectivity index (χ0v) is 12.2. The second kappa shape index (κ2) is 6.01. The Morgan fingerprint density at radius 1 is 1.10 bits per heavy atom. The molecule has 0 radical (unpaired) electrons. The van der Waals surface area contributed by atoms with Gasteiger partial charge >= 0.3 is 5.97 Å². The van der Waals surface area contributed by atoms with Crippen LogP contribution < -0.4 is 0 Å². The van der Waals surface area contributed by atoms with Crippen LogP contribution in [0.5, 0.6) is 0 Å². The molecule has 0 aromatic heterocycles. The third-order valence-corrected chi connectivity index (χ3v) is 4.43. The number of rotatable bonds is 4. The topological polar surface area (TPSA) is 54.4 Å². The zero-order valence-electron chi connectivity index (χ0n) is 11.4. The van der Waals surface area contributed by atoms with Gasteiger partial charge in [-0.15, -0.1) is 0 Å². The Hall–Kier alpha value is -1.94. The van der Waals surface area contributed by atoms with Crippen LogP contribution in [0.4, 0.5) is 0 Å². The third-order valence-electron chi connectivity index (χ3n) is 2.99. The third kappa shape index (κ3) is 3.33. The number of benzene rings is 2. The molecule has 0 aliphatic rings. The van der Waals surface area contributed by atoms with Gasteiger partial charge in [0.1, 0.15) is 0 Å². The number of hydrogen-bond acceptors (Lipinski definition) is 2. The highest BCUT2D eigenvalue weighted by Gasteiger charge is 2.15. The highest BCUT2D eigenvalue weighted by Crippen LogP contribution is 2.19. The fourth-order valence-electron chi connectivity index (χ4n) is 2.04. The maximum atomic E-state index is 12.4. The van der Waals surface area contributed by atoms with Crippen molar-refractivity contribution in [2.24, 2.45) is 0 Å². The molecule has 104 valence electrons. The molecule has 0 saturated carbocycles. The Morgan fingerprint density at radius 2 is 1.80 bits per heavy atom. The van der Waals surface area contributed by atoms with Crippen LogP contribution in [0, 0.1) is 13.8 Å². The molecule has 0 amide bonds. The van der Waals surface area contributed by atoms with E-state index in [4.69, 9.17) is 0 Å². The molecule has 0 saturated heterocycles. The van der Waals surface area contributed by atoms with E-state index in [0.717, 1.165) is 16.7 Å². The summed E-state index contributed by atoms with van der Waals surface area (Å²) in [6.07, 6.45) is 0. The molecule has 0 heterocycles. The predicted molar refractivity (Wildman–Crippen MR) is 79.4 cm³/mol. The molecule has 1 atom stereocenters. The number of carboxylic acids is 1. The average molecular weight is 288 g/mol. The van der Waals surface area contributed by atoms with Crippen molar-refractivity contribution in [2.45, 2.75) is 24.5 Å². The van der Waals surface area contributed by atoms with Crippen LogP contribution in [0.15, 0.2) is 47.4 Å². The number of hydrogen-bond donors (Lipinski definition) is 1. The Balaban J connectivity index is 2.32. The first kappa shape index (κ1) is 14.5. The van der Waals surface area contributed by atoms with Gasteiger partial charge in [0, 0.05) is 0 Å². The van der Waals surface area contributed by atoms with E-state index in [0.29, 0.717) is 10.6 Å². The van der Waals surface area contributed by atoms with Crippen molar-refractivity contribution >= 4 is 16.8 Å². The Bertz CT molecular complexity index is 677. The number of carbonyl (C=O) groups is 1. The molecule has 0 aliphatic heterocycles. The lowest BCUT2D eigenvalue weighted by Gasteiger charge is -2.08. The first-order valence-corrected chi connectivity index (χ1v) is 7.57. The molecule has 4 heteroatoms. The van der Waals surface area contributed by atoms with Crippen LogP contribution in [-0.2, 0) is 16.6 Å². The van der Waals surface area contributed by atoms with Gasteiger partial charge in [0.05, 0.1) is 27.0 Å². The Morgan fingerprint density at radius 3 is 2.45 bits per heavy atom. The van der Waals surface area contributed by atoms with E-state index < -0.39 is 16.8 Å². The van der Waals surface area contributed by atoms with Gasteiger partial charge in [-0.3, -0.25) is 4.21 Å². The minimum Gasteiger partial charge on any atom is -0.478 e. The molecule has 2 aromatic carbocycles. The summed E-state index contributed by atoms with van der Waals surface area (Å²) in [5.41, 5.74) is 3.01. The van der Waals surface area contributed by atoms with Crippen molar-refractivity contribution in [2.75, 3.05) is 0 Å². The second-order valence-corrected chi connectivity index (χ2v) is 6.20. The van der Waals surface area contributed by atoms with Gasteiger partial charge in [0.2, 0.25) is 0 Å². The molecule has 1 unspecified atom stereocenters. The average Bonchev–Trinajstić information content (AvgIpc) is 2.38. The lowest BCUT2D eigenvalue weighted by Crippen LogP contribution is -2.06. The molecule has 0 bridgehead atoms. The van der Waals surface area contributed by atoms with Gasteiger partial charge in [-0.05, 0) is 31.5 Å². The highest BCUT2D eigenvalue weighted by molar-refractivity contribution is 7.84. The van der Waals surface area contributed by atoms with E-state index >= 15 is 0 Å². The van der Waals surface area contributed by atoms with Crippen molar-refractivity contribution in [3.8, 4) is 0 Å². The van der Waals surface area contributed by atoms with Gasteiger partial charge in [-0.1, -0.05) is 41.5 Å². The van der Waals surface area contributed by atoms with Crippen molar-refractivity contribution in [3.05, 3.63) is 64.7 Å². The maximum absolute atomic E-state index is 12.4. The fraction of sp³-hybridized carbons (Fsp3) is 0.188. The van der Waals surface area contributed by atoms with Crippen LogP contribution in [0.2, 0.25) is 0 Å². The van der Waals surface area contributed by atoms with Crippen molar-refractivity contribution in [1.82, 2.24) is 0 Å². The molecule has 0 aliphatic carbocycles. The number of aryl methyl sites for hydroxylation is 2. The van der Waals surface area contributed by atoms with E-state index in [1.807, 2.05) is 38.1 Å².